The number of rotatable bonds is 5. The molecule has 1 atom stereocenters. The van der Waals surface area contributed by atoms with Crippen LogP contribution >= 0.6 is 11.6 Å². The summed E-state index contributed by atoms with van der Waals surface area (Å²) in [6, 6.07) is 4.18. The summed E-state index contributed by atoms with van der Waals surface area (Å²) in [5.74, 6) is 0.233. The highest BCUT2D eigenvalue weighted by molar-refractivity contribution is 7.84. The molecule has 0 heterocycles. The van der Waals surface area contributed by atoms with Crippen LogP contribution in [0.1, 0.15) is 38.2 Å². The van der Waals surface area contributed by atoms with Gasteiger partial charge in [0.25, 0.3) is 0 Å². The van der Waals surface area contributed by atoms with Gasteiger partial charge in [-0.3, -0.25) is 9.00 Å². The van der Waals surface area contributed by atoms with Gasteiger partial charge >= 0.3 is 0 Å². The minimum Gasteiger partial charge on any atom is -0.353 e. The predicted molar refractivity (Wildman–Crippen MR) is 87.7 cm³/mol. The van der Waals surface area contributed by atoms with Crippen LogP contribution in [0.4, 0.5) is 4.39 Å². The standard InChI is InChI=1S/C16H21ClFNO2S/c1-11-2-6-14(7-3-11)19-16(20)10-22(21)9-12-4-5-13(18)8-15(12)17/h4-5,8,11,14H,2-3,6-7,9-10H2,1H3,(H,19,20). The largest absolute Gasteiger partial charge is 0.353 e. The molecule has 1 unspecified atom stereocenters. The van der Waals surface area contributed by atoms with Crippen molar-refractivity contribution < 1.29 is 13.4 Å². The van der Waals surface area contributed by atoms with Crippen molar-refractivity contribution in [2.24, 2.45) is 5.92 Å². The van der Waals surface area contributed by atoms with Gasteiger partial charge in [-0.1, -0.05) is 24.6 Å². The summed E-state index contributed by atoms with van der Waals surface area (Å²) in [6.07, 6.45) is 4.23. The molecule has 1 fully saturated rings. The highest BCUT2D eigenvalue weighted by atomic mass is 35.5. The minimum atomic E-state index is -1.35. The molecule has 0 spiro atoms. The van der Waals surface area contributed by atoms with Crippen molar-refractivity contribution in [3.05, 3.63) is 34.6 Å². The molecular formula is C16H21ClFNO2S. The van der Waals surface area contributed by atoms with Gasteiger partial charge in [0.15, 0.2) is 0 Å². The fraction of sp³-hybridized carbons (Fsp3) is 0.562. The van der Waals surface area contributed by atoms with Crippen LogP contribution in [0.5, 0.6) is 0 Å². The Morgan fingerprint density at radius 3 is 2.68 bits per heavy atom. The first-order valence-electron chi connectivity index (χ1n) is 7.52. The minimum absolute atomic E-state index is 0.0419. The Morgan fingerprint density at radius 1 is 1.36 bits per heavy atom. The molecule has 1 N–H and O–H groups in total. The van der Waals surface area contributed by atoms with E-state index in [0.29, 0.717) is 5.56 Å². The van der Waals surface area contributed by atoms with Crippen molar-refractivity contribution in [1.29, 1.82) is 0 Å². The molecule has 1 amide bonds. The molecular weight excluding hydrogens is 325 g/mol. The number of nitrogens with one attached hydrogen (secondary N) is 1. The maximum Gasteiger partial charge on any atom is 0.232 e. The van der Waals surface area contributed by atoms with Gasteiger partial charge in [-0.15, -0.1) is 0 Å². The summed E-state index contributed by atoms with van der Waals surface area (Å²) < 4.78 is 25.0. The van der Waals surface area contributed by atoms with E-state index < -0.39 is 16.6 Å². The number of amides is 1. The van der Waals surface area contributed by atoms with Gasteiger partial charge in [-0.05, 0) is 49.3 Å². The van der Waals surface area contributed by atoms with Crippen LogP contribution < -0.4 is 5.32 Å². The van der Waals surface area contributed by atoms with E-state index >= 15 is 0 Å². The van der Waals surface area contributed by atoms with Crippen molar-refractivity contribution in [2.45, 2.75) is 44.4 Å². The van der Waals surface area contributed by atoms with Crippen LogP contribution in [0.25, 0.3) is 0 Å². The number of carbonyl (C=O) groups excluding carboxylic acids is 1. The number of benzene rings is 1. The summed E-state index contributed by atoms with van der Waals surface area (Å²) >= 11 is 5.90. The monoisotopic (exact) mass is 345 g/mol. The lowest BCUT2D eigenvalue weighted by Crippen LogP contribution is -2.39. The second-order valence-electron chi connectivity index (χ2n) is 5.99. The number of hydrogen-bond acceptors (Lipinski definition) is 2. The van der Waals surface area contributed by atoms with Crippen LogP contribution in [-0.4, -0.2) is 21.9 Å². The molecule has 0 aromatic heterocycles. The Kier molecular flexibility index (Phi) is 6.38. The number of hydrogen-bond donors (Lipinski definition) is 1. The van der Waals surface area contributed by atoms with Crippen molar-refractivity contribution in [3.8, 4) is 0 Å². The van der Waals surface area contributed by atoms with E-state index in [2.05, 4.69) is 12.2 Å². The second kappa shape index (κ2) is 8.06. The first-order valence-corrected chi connectivity index (χ1v) is 9.39. The smallest absolute Gasteiger partial charge is 0.232 e. The molecule has 2 rings (SSSR count). The van der Waals surface area contributed by atoms with Crippen molar-refractivity contribution in [3.63, 3.8) is 0 Å². The van der Waals surface area contributed by atoms with Crippen molar-refractivity contribution >= 4 is 28.3 Å². The Balaban J connectivity index is 1.80. The Morgan fingerprint density at radius 2 is 2.05 bits per heavy atom. The third kappa shape index (κ3) is 5.36. The number of halogens is 2. The maximum absolute atomic E-state index is 13.0. The summed E-state index contributed by atoms with van der Waals surface area (Å²) in [5, 5.41) is 3.20. The lowest BCUT2D eigenvalue weighted by molar-refractivity contribution is -0.119. The molecule has 1 aliphatic carbocycles. The molecule has 3 nitrogen and oxygen atoms in total. The van der Waals surface area contributed by atoms with E-state index in [1.165, 1.54) is 18.2 Å². The van der Waals surface area contributed by atoms with Gasteiger partial charge in [0.2, 0.25) is 5.91 Å². The maximum atomic E-state index is 13.0. The zero-order valence-electron chi connectivity index (χ0n) is 12.6. The third-order valence-electron chi connectivity index (χ3n) is 4.00. The van der Waals surface area contributed by atoms with E-state index in [1.807, 2.05) is 0 Å². The van der Waals surface area contributed by atoms with Crippen molar-refractivity contribution in [2.75, 3.05) is 5.75 Å². The Hall–Kier alpha value is -0.940. The van der Waals surface area contributed by atoms with Crippen LogP contribution in [-0.2, 0) is 21.3 Å². The van der Waals surface area contributed by atoms with Crippen LogP contribution in [0, 0.1) is 11.7 Å². The highest BCUT2D eigenvalue weighted by Crippen LogP contribution is 2.23. The lowest BCUT2D eigenvalue weighted by Gasteiger charge is -2.26. The zero-order chi connectivity index (χ0) is 16.1. The molecule has 1 saturated carbocycles. The first kappa shape index (κ1) is 17.4. The fourth-order valence-electron chi connectivity index (χ4n) is 2.68. The summed E-state index contributed by atoms with van der Waals surface area (Å²) in [6.45, 7) is 2.22. The van der Waals surface area contributed by atoms with E-state index in [9.17, 15) is 13.4 Å². The highest BCUT2D eigenvalue weighted by Gasteiger charge is 2.20. The molecule has 0 radical (unpaired) electrons. The zero-order valence-corrected chi connectivity index (χ0v) is 14.2. The quantitative estimate of drug-likeness (QED) is 0.888. The van der Waals surface area contributed by atoms with Gasteiger partial charge in [-0.2, -0.15) is 0 Å². The molecule has 1 aromatic rings. The molecule has 1 aliphatic rings. The van der Waals surface area contributed by atoms with Gasteiger partial charge in [-0.25, -0.2) is 4.39 Å². The summed E-state index contributed by atoms with van der Waals surface area (Å²) in [4.78, 5) is 11.9. The normalized spacial score (nSPS) is 23.0. The van der Waals surface area contributed by atoms with Crippen LogP contribution in [0.15, 0.2) is 18.2 Å². The van der Waals surface area contributed by atoms with E-state index in [0.717, 1.165) is 31.6 Å². The average molecular weight is 346 g/mol. The molecule has 22 heavy (non-hydrogen) atoms. The Labute approximate surface area is 138 Å². The lowest BCUT2D eigenvalue weighted by atomic mass is 9.87. The first-order chi connectivity index (χ1) is 10.4. The molecule has 122 valence electrons. The van der Waals surface area contributed by atoms with Gasteiger partial charge in [0.05, 0.1) is 5.75 Å². The van der Waals surface area contributed by atoms with Crippen LogP contribution in [0.2, 0.25) is 5.02 Å². The topological polar surface area (TPSA) is 46.2 Å². The van der Waals surface area contributed by atoms with Gasteiger partial charge < -0.3 is 5.32 Å². The number of carbonyl (C=O) groups is 1. The second-order valence-corrected chi connectivity index (χ2v) is 7.85. The van der Waals surface area contributed by atoms with E-state index in [-0.39, 0.29) is 28.5 Å². The SMILES string of the molecule is CC1CCC(NC(=O)CS(=O)Cc2ccc(F)cc2Cl)CC1. The van der Waals surface area contributed by atoms with Gasteiger partial charge in [0, 0.05) is 21.9 Å². The van der Waals surface area contributed by atoms with Gasteiger partial charge in [0.1, 0.15) is 11.6 Å². The van der Waals surface area contributed by atoms with E-state index in [4.69, 9.17) is 11.6 Å². The fourth-order valence-corrected chi connectivity index (χ4v) is 4.07. The molecule has 0 bridgehead atoms. The average Bonchev–Trinajstić information content (AvgIpc) is 2.44. The molecule has 0 aliphatic heterocycles. The van der Waals surface area contributed by atoms with Crippen molar-refractivity contribution in [1.82, 2.24) is 5.32 Å². The van der Waals surface area contributed by atoms with Crippen LogP contribution in [0.3, 0.4) is 0 Å². The van der Waals surface area contributed by atoms with E-state index in [1.54, 1.807) is 0 Å². The predicted octanol–water partition coefficient (Wildman–Crippen LogP) is 3.42. The summed E-state index contributed by atoms with van der Waals surface area (Å²) in [5.41, 5.74) is 0.598. The summed E-state index contributed by atoms with van der Waals surface area (Å²) in [7, 11) is -1.35. The Bertz CT molecular complexity index is 559. The third-order valence-corrected chi connectivity index (χ3v) is 5.57. The molecule has 0 saturated heterocycles. The molecule has 6 heteroatoms. The molecule has 1 aromatic carbocycles.